The number of likely N-dealkylation sites (N-methyl/N-ethyl adjacent to an activating group) is 1. The van der Waals surface area contributed by atoms with Crippen LogP contribution in [0.4, 0.5) is 0 Å². The van der Waals surface area contributed by atoms with Crippen molar-refractivity contribution in [1.82, 2.24) is 15.1 Å². The van der Waals surface area contributed by atoms with E-state index in [0.717, 1.165) is 24.0 Å². The number of hydrogen-bond donors (Lipinski definition) is 1. The third-order valence-electron chi connectivity index (χ3n) is 5.81. The Bertz CT molecular complexity index is 837. The smallest absolute Gasteiger partial charge is 0.254 e. The Balaban J connectivity index is 1.68. The number of carbonyl (C=O) groups excluding carboxylic acids is 2. The fourth-order valence-corrected chi connectivity index (χ4v) is 4.42. The molecule has 0 spiro atoms. The average molecular weight is 472 g/mol. The lowest BCUT2D eigenvalue weighted by molar-refractivity contribution is -0.125. The van der Waals surface area contributed by atoms with Crippen molar-refractivity contribution in [2.75, 3.05) is 26.2 Å². The highest BCUT2D eigenvalue weighted by Crippen LogP contribution is 2.23. The minimum Gasteiger partial charge on any atom is -0.352 e. The first-order valence-electron chi connectivity index (χ1n) is 10.7. The van der Waals surface area contributed by atoms with Gasteiger partial charge in [0.15, 0.2) is 0 Å². The molecule has 0 radical (unpaired) electrons. The molecule has 3 rings (SSSR count). The molecule has 2 aromatic rings. The summed E-state index contributed by atoms with van der Waals surface area (Å²) in [4.78, 5) is 30.1. The third kappa shape index (κ3) is 5.29. The van der Waals surface area contributed by atoms with Crippen molar-refractivity contribution >= 4 is 27.7 Å². The predicted octanol–water partition coefficient (Wildman–Crippen LogP) is 4.25. The number of rotatable bonds is 8. The molecule has 2 unspecified atom stereocenters. The molecular formula is C24H30BrN3O2. The van der Waals surface area contributed by atoms with E-state index >= 15 is 0 Å². The topological polar surface area (TPSA) is 52.7 Å². The van der Waals surface area contributed by atoms with Crippen LogP contribution < -0.4 is 5.32 Å². The minimum atomic E-state index is -0.408. The van der Waals surface area contributed by atoms with Crippen LogP contribution in [0.3, 0.4) is 0 Å². The zero-order chi connectivity index (χ0) is 21.5. The summed E-state index contributed by atoms with van der Waals surface area (Å²) in [6.45, 7) is 7.23. The molecule has 1 aliphatic heterocycles. The minimum absolute atomic E-state index is 0.0638. The lowest BCUT2D eigenvalue weighted by Gasteiger charge is -2.31. The molecule has 0 aromatic heterocycles. The van der Waals surface area contributed by atoms with E-state index in [9.17, 15) is 9.59 Å². The first-order valence-corrected chi connectivity index (χ1v) is 11.5. The van der Waals surface area contributed by atoms with E-state index in [0.29, 0.717) is 25.1 Å². The fraction of sp³-hybridized carbons (Fsp3) is 0.417. The Morgan fingerprint density at radius 2 is 1.77 bits per heavy atom. The Morgan fingerprint density at radius 3 is 2.40 bits per heavy atom. The second-order valence-electron chi connectivity index (χ2n) is 7.56. The molecule has 160 valence electrons. The van der Waals surface area contributed by atoms with Crippen molar-refractivity contribution in [3.8, 4) is 0 Å². The molecule has 1 aliphatic rings. The molecule has 1 fully saturated rings. The van der Waals surface area contributed by atoms with Gasteiger partial charge in [0, 0.05) is 23.1 Å². The molecule has 1 saturated heterocycles. The maximum absolute atomic E-state index is 13.0. The summed E-state index contributed by atoms with van der Waals surface area (Å²) in [5.41, 5.74) is 1.80. The molecule has 0 bridgehead atoms. The lowest BCUT2D eigenvalue weighted by atomic mass is 10.0. The number of halogens is 1. The number of carbonyl (C=O) groups is 2. The molecule has 2 amide bonds. The number of nitrogens with one attached hydrogen (secondary N) is 1. The monoisotopic (exact) mass is 471 g/mol. The van der Waals surface area contributed by atoms with E-state index < -0.39 is 6.04 Å². The van der Waals surface area contributed by atoms with Crippen LogP contribution in [0.15, 0.2) is 59.1 Å². The molecule has 5 nitrogen and oxygen atoms in total. The summed E-state index contributed by atoms with van der Waals surface area (Å²) in [6.07, 6.45) is 1.55. The van der Waals surface area contributed by atoms with Crippen molar-refractivity contribution in [2.45, 2.75) is 38.8 Å². The quantitative estimate of drug-likeness (QED) is 0.625. The summed E-state index contributed by atoms with van der Waals surface area (Å²) in [7, 11) is 0. The number of benzene rings is 2. The molecule has 2 atom stereocenters. The molecule has 2 aromatic carbocycles. The van der Waals surface area contributed by atoms with Crippen LogP contribution in [0.2, 0.25) is 0 Å². The van der Waals surface area contributed by atoms with Gasteiger partial charge in [0.1, 0.15) is 6.04 Å². The molecule has 6 heteroatoms. The first kappa shape index (κ1) is 22.5. The van der Waals surface area contributed by atoms with Gasteiger partial charge < -0.3 is 10.2 Å². The Morgan fingerprint density at radius 1 is 1.10 bits per heavy atom. The van der Waals surface area contributed by atoms with Gasteiger partial charge in [-0.15, -0.1) is 0 Å². The normalized spacial score (nSPS) is 17.2. The highest BCUT2D eigenvalue weighted by molar-refractivity contribution is 9.10. The highest BCUT2D eigenvalue weighted by atomic mass is 79.9. The summed E-state index contributed by atoms with van der Waals surface area (Å²) >= 11 is 3.40. The van der Waals surface area contributed by atoms with Gasteiger partial charge >= 0.3 is 0 Å². The molecule has 30 heavy (non-hydrogen) atoms. The van der Waals surface area contributed by atoms with Gasteiger partial charge in [-0.25, -0.2) is 0 Å². The Kier molecular flexibility index (Phi) is 8.05. The van der Waals surface area contributed by atoms with Gasteiger partial charge in [-0.2, -0.15) is 0 Å². The van der Waals surface area contributed by atoms with Gasteiger partial charge in [0.2, 0.25) is 5.91 Å². The van der Waals surface area contributed by atoms with E-state index in [1.807, 2.05) is 30.3 Å². The lowest BCUT2D eigenvalue weighted by Crippen LogP contribution is -2.48. The van der Waals surface area contributed by atoms with Crippen molar-refractivity contribution in [3.63, 3.8) is 0 Å². The highest BCUT2D eigenvalue weighted by Gasteiger charge is 2.35. The molecule has 1 N–H and O–H groups in total. The van der Waals surface area contributed by atoms with Crippen LogP contribution in [-0.2, 0) is 4.79 Å². The SMILES string of the molecule is CCN(CC)C(CNC(=O)C1CCCN1C(=O)c1ccc(Br)cc1)c1ccccc1. The summed E-state index contributed by atoms with van der Waals surface area (Å²) < 4.78 is 0.929. The summed E-state index contributed by atoms with van der Waals surface area (Å²) in [6, 6.07) is 17.3. The number of hydrogen-bond acceptors (Lipinski definition) is 3. The van der Waals surface area contributed by atoms with Crippen LogP contribution in [0, 0.1) is 0 Å². The van der Waals surface area contributed by atoms with Crippen LogP contribution in [0.5, 0.6) is 0 Å². The van der Waals surface area contributed by atoms with E-state index in [1.165, 1.54) is 5.56 Å². The van der Waals surface area contributed by atoms with Crippen LogP contribution >= 0.6 is 15.9 Å². The van der Waals surface area contributed by atoms with Gasteiger partial charge in [-0.1, -0.05) is 60.1 Å². The Labute approximate surface area is 187 Å². The van der Waals surface area contributed by atoms with Crippen molar-refractivity contribution in [3.05, 3.63) is 70.2 Å². The van der Waals surface area contributed by atoms with Gasteiger partial charge in [0.25, 0.3) is 5.91 Å². The standard InChI is InChI=1S/C24H30BrN3O2/c1-3-27(4-2)22(18-9-6-5-7-10-18)17-26-23(29)21-11-8-16-28(21)24(30)19-12-14-20(25)15-13-19/h5-7,9-10,12-15,21-22H,3-4,8,11,16-17H2,1-2H3,(H,26,29). The largest absolute Gasteiger partial charge is 0.352 e. The van der Waals surface area contributed by atoms with Crippen molar-refractivity contribution < 1.29 is 9.59 Å². The van der Waals surface area contributed by atoms with E-state index in [1.54, 1.807) is 17.0 Å². The maximum atomic E-state index is 13.0. The second kappa shape index (κ2) is 10.7. The predicted molar refractivity (Wildman–Crippen MR) is 123 cm³/mol. The first-order chi connectivity index (χ1) is 14.5. The van der Waals surface area contributed by atoms with E-state index in [-0.39, 0.29) is 17.9 Å². The molecule has 0 saturated carbocycles. The van der Waals surface area contributed by atoms with E-state index in [4.69, 9.17) is 0 Å². The number of likely N-dealkylation sites (tertiary alicyclic amines) is 1. The molecular weight excluding hydrogens is 442 g/mol. The second-order valence-corrected chi connectivity index (χ2v) is 8.47. The molecule has 0 aliphatic carbocycles. The fourth-order valence-electron chi connectivity index (χ4n) is 4.15. The number of amides is 2. The zero-order valence-corrected chi connectivity index (χ0v) is 19.3. The summed E-state index contributed by atoms with van der Waals surface area (Å²) in [5.74, 6) is -0.144. The van der Waals surface area contributed by atoms with Crippen LogP contribution in [-0.4, -0.2) is 53.8 Å². The maximum Gasteiger partial charge on any atom is 0.254 e. The molecule has 1 heterocycles. The summed E-state index contributed by atoms with van der Waals surface area (Å²) in [5, 5.41) is 3.14. The van der Waals surface area contributed by atoms with E-state index in [2.05, 4.69) is 52.1 Å². The van der Waals surface area contributed by atoms with Gasteiger partial charge in [0.05, 0.1) is 6.04 Å². The Hall–Kier alpha value is -2.18. The van der Waals surface area contributed by atoms with Crippen molar-refractivity contribution in [1.29, 1.82) is 0 Å². The van der Waals surface area contributed by atoms with Crippen LogP contribution in [0.1, 0.15) is 48.7 Å². The van der Waals surface area contributed by atoms with Crippen LogP contribution in [0.25, 0.3) is 0 Å². The average Bonchev–Trinajstić information content (AvgIpc) is 3.27. The van der Waals surface area contributed by atoms with Gasteiger partial charge in [-0.3, -0.25) is 14.5 Å². The van der Waals surface area contributed by atoms with Gasteiger partial charge in [-0.05, 0) is 55.8 Å². The number of nitrogens with zero attached hydrogens (tertiary/aromatic N) is 2. The zero-order valence-electron chi connectivity index (χ0n) is 17.7. The van der Waals surface area contributed by atoms with Crippen molar-refractivity contribution in [2.24, 2.45) is 0 Å². The third-order valence-corrected chi connectivity index (χ3v) is 6.34.